The highest BCUT2D eigenvalue weighted by atomic mass is 16.5. The van der Waals surface area contributed by atoms with Gasteiger partial charge >= 0.3 is 5.97 Å². The van der Waals surface area contributed by atoms with E-state index in [1.54, 1.807) is 12.1 Å². The van der Waals surface area contributed by atoms with E-state index in [1.807, 2.05) is 13.0 Å². The van der Waals surface area contributed by atoms with Gasteiger partial charge in [0.2, 0.25) is 5.78 Å². The molecule has 8 heteroatoms. The molecule has 0 aliphatic heterocycles. The lowest BCUT2D eigenvalue weighted by Crippen LogP contribution is -2.27. The van der Waals surface area contributed by atoms with Crippen molar-refractivity contribution in [3.8, 4) is 11.5 Å². The molecular weight excluding hydrogens is 352 g/mol. The first-order chi connectivity index (χ1) is 12.9. The lowest BCUT2D eigenvalue weighted by molar-refractivity contribution is -0.143. The zero-order chi connectivity index (χ0) is 19.6. The van der Waals surface area contributed by atoms with Crippen LogP contribution in [0.5, 0.6) is 11.5 Å². The highest BCUT2D eigenvalue weighted by Crippen LogP contribution is 2.22. The van der Waals surface area contributed by atoms with Crippen molar-refractivity contribution in [3.05, 3.63) is 64.2 Å². The summed E-state index contributed by atoms with van der Waals surface area (Å²) >= 11 is 0. The average Bonchev–Trinajstić information content (AvgIpc) is 2.62. The number of para-hydroxylation sites is 1. The maximum atomic E-state index is 12.4. The van der Waals surface area contributed by atoms with Crippen molar-refractivity contribution in [2.45, 2.75) is 13.5 Å². The fraction of sp³-hybridized carbons (Fsp3) is 0.158. The molecule has 0 fully saturated rings. The Morgan fingerprint density at radius 2 is 1.96 bits per heavy atom. The minimum atomic E-state index is -0.794. The van der Waals surface area contributed by atoms with Gasteiger partial charge in [0.05, 0.1) is 22.8 Å². The number of hydrogen-bond acceptors (Lipinski definition) is 7. The molecule has 0 amide bonds. The van der Waals surface area contributed by atoms with Crippen LogP contribution in [0.2, 0.25) is 0 Å². The van der Waals surface area contributed by atoms with Gasteiger partial charge in [-0.05, 0) is 30.7 Å². The molecule has 3 aromatic rings. The molecule has 0 radical (unpaired) electrons. The van der Waals surface area contributed by atoms with Crippen molar-refractivity contribution in [1.82, 2.24) is 9.55 Å². The van der Waals surface area contributed by atoms with Crippen molar-refractivity contribution >= 4 is 22.7 Å². The third kappa shape index (κ3) is 3.79. The molecule has 0 saturated heterocycles. The van der Waals surface area contributed by atoms with Crippen molar-refractivity contribution in [2.75, 3.05) is 6.61 Å². The molecule has 0 spiro atoms. The number of carbonyl (C=O) groups excluding carboxylic acids is 2. The van der Waals surface area contributed by atoms with Gasteiger partial charge in [0.25, 0.3) is 5.56 Å². The Hall–Kier alpha value is -3.68. The number of rotatable bonds is 5. The fourth-order valence-corrected chi connectivity index (χ4v) is 2.61. The van der Waals surface area contributed by atoms with Gasteiger partial charge < -0.3 is 14.9 Å². The van der Waals surface area contributed by atoms with E-state index in [1.165, 1.54) is 18.5 Å². The van der Waals surface area contributed by atoms with E-state index in [9.17, 15) is 24.6 Å². The Morgan fingerprint density at radius 3 is 2.70 bits per heavy atom. The molecule has 0 saturated carbocycles. The first kappa shape index (κ1) is 18.1. The second-order valence-corrected chi connectivity index (χ2v) is 5.93. The molecule has 8 nitrogen and oxygen atoms in total. The number of aromatic nitrogens is 2. The zero-order valence-corrected chi connectivity index (χ0v) is 14.4. The van der Waals surface area contributed by atoms with E-state index in [0.717, 1.165) is 16.2 Å². The van der Waals surface area contributed by atoms with Crippen LogP contribution < -0.4 is 5.56 Å². The molecule has 1 heterocycles. The number of phenols is 2. The van der Waals surface area contributed by atoms with E-state index < -0.39 is 30.7 Å². The largest absolute Gasteiger partial charge is 0.508 e. The summed E-state index contributed by atoms with van der Waals surface area (Å²) in [7, 11) is 0. The Kier molecular flexibility index (Phi) is 4.89. The van der Waals surface area contributed by atoms with Crippen LogP contribution in [-0.2, 0) is 16.1 Å². The molecule has 27 heavy (non-hydrogen) atoms. The summed E-state index contributed by atoms with van der Waals surface area (Å²) < 4.78 is 5.99. The second kappa shape index (κ2) is 7.28. The molecule has 2 N–H and O–H groups in total. The van der Waals surface area contributed by atoms with Crippen molar-refractivity contribution in [3.63, 3.8) is 0 Å². The predicted octanol–water partition coefficient (Wildman–Crippen LogP) is 1.54. The van der Waals surface area contributed by atoms with Gasteiger partial charge in [-0.3, -0.25) is 19.0 Å². The van der Waals surface area contributed by atoms with Crippen LogP contribution in [0.15, 0.2) is 47.5 Å². The van der Waals surface area contributed by atoms with E-state index in [2.05, 4.69) is 4.98 Å². The van der Waals surface area contributed by atoms with Gasteiger partial charge in [-0.25, -0.2) is 4.98 Å². The lowest BCUT2D eigenvalue weighted by Gasteiger charge is -2.08. The smallest absolute Gasteiger partial charge is 0.326 e. The number of ether oxygens (including phenoxy) is 1. The van der Waals surface area contributed by atoms with Crippen LogP contribution in [-0.4, -0.2) is 38.1 Å². The Balaban J connectivity index is 1.69. The number of Topliss-reactive ketones (excluding diaryl/α,β-unsaturated/α-hetero) is 1. The SMILES string of the molecule is Cc1cccc2c(=O)n(CC(=O)OCC(=O)c3ccc(O)cc3O)cnc12. The molecule has 0 bridgehead atoms. The minimum Gasteiger partial charge on any atom is -0.508 e. The third-order valence-electron chi connectivity index (χ3n) is 4.00. The van der Waals surface area contributed by atoms with Crippen LogP contribution in [0.4, 0.5) is 0 Å². The molecule has 0 atom stereocenters. The molecular formula is C19H16N2O6. The number of aryl methyl sites for hydroxylation is 1. The van der Waals surface area contributed by atoms with Gasteiger partial charge in [0.1, 0.15) is 18.0 Å². The van der Waals surface area contributed by atoms with Crippen molar-refractivity contribution < 1.29 is 24.5 Å². The van der Waals surface area contributed by atoms with E-state index in [4.69, 9.17) is 4.74 Å². The minimum absolute atomic E-state index is 0.0828. The molecule has 3 rings (SSSR count). The second-order valence-electron chi connectivity index (χ2n) is 5.93. The van der Waals surface area contributed by atoms with Gasteiger partial charge in [0, 0.05) is 6.07 Å². The van der Waals surface area contributed by atoms with Crippen LogP contribution in [0.3, 0.4) is 0 Å². The summed E-state index contributed by atoms with van der Waals surface area (Å²) in [4.78, 5) is 40.6. The lowest BCUT2D eigenvalue weighted by atomic mass is 10.1. The summed E-state index contributed by atoms with van der Waals surface area (Å²) in [6.45, 7) is 0.828. The first-order valence-electron chi connectivity index (χ1n) is 8.02. The molecule has 138 valence electrons. The quantitative estimate of drug-likeness (QED) is 0.518. The number of fused-ring (bicyclic) bond motifs is 1. The number of nitrogens with zero attached hydrogens (tertiary/aromatic N) is 2. The Labute approximate surface area is 153 Å². The molecule has 0 aliphatic rings. The predicted molar refractivity (Wildman–Crippen MR) is 95.8 cm³/mol. The van der Waals surface area contributed by atoms with Crippen LogP contribution in [0.25, 0.3) is 10.9 Å². The van der Waals surface area contributed by atoms with Gasteiger partial charge in [-0.15, -0.1) is 0 Å². The molecule has 0 aliphatic carbocycles. The fourth-order valence-electron chi connectivity index (χ4n) is 2.61. The summed E-state index contributed by atoms with van der Waals surface area (Å²) in [5.41, 5.74) is 0.937. The van der Waals surface area contributed by atoms with Gasteiger partial charge in [-0.2, -0.15) is 0 Å². The monoisotopic (exact) mass is 368 g/mol. The number of ketones is 1. The number of hydrogen-bond donors (Lipinski definition) is 2. The standard InChI is InChI=1S/C19H16N2O6/c1-11-3-2-4-14-18(11)20-10-21(19(14)26)8-17(25)27-9-16(24)13-6-5-12(22)7-15(13)23/h2-7,10,22-23H,8-9H2,1H3. The van der Waals surface area contributed by atoms with Crippen LogP contribution in [0.1, 0.15) is 15.9 Å². The molecule has 2 aromatic carbocycles. The number of carbonyl (C=O) groups is 2. The van der Waals surface area contributed by atoms with E-state index >= 15 is 0 Å². The Morgan fingerprint density at radius 1 is 1.19 bits per heavy atom. The molecule has 0 unspecified atom stereocenters. The van der Waals surface area contributed by atoms with Crippen LogP contribution in [0, 0.1) is 6.92 Å². The third-order valence-corrected chi connectivity index (χ3v) is 4.00. The summed E-state index contributed by atoms with van der Waals surface area (Å²) in [6.07, 6.45) is 1.26. The van der Waals surface area contributed by atoms with E-state index in [0.29, 0.717) is 10.9 Å². The van der Waals surface area contributed by atoms with Gasteiger partial charge in [0.15, 0.2) is 6.61 Å². The van der Waals surface area contributed by atoms with Gasteiger partial charge in [-0.1, -0.05) is 12.1 Å². The van der Waals surface area contributed by atoms with E-state index in [-0.39, 0.29) is 16.9 Å². The number of benzene rings is 2. The number of esters is 1. The van der Waals surface area contributed by atoms with Crippen LogP contribution >= 0.6 is 0 Å². The maximum Gasteiger partial charge on any atom is 0.326 e. The maximum absolute atomic E-state index is 12.4. The summed E-state index contributed by atoms with van der Waals surface area (Å²) in [5.74, 6) is -2.04. The zero-order valence-electron chi connectivity index (χ0n) is 14.4. The highest BCUT2D eigenvalue weighted by Gasteiger charge is 2.15. The number of phenolic OH excluding ortho intramolecular Hbond substituents is 2. The summed E-state index contributed by atoms with van der Waals surface area (Å²) in [5, 5.41) is 19.3. The highest BCUT2D eigenvalue weighted by molar-refractivity contribution is 6.00. The summed E-state index contributed by atoms with van der Waals surface area (Å²) in [6, 6.07) is 8.65. The average molecular weight is 368 g/mol. The first-order valence-corrected chi connectivity index (χ1v) is 8.02. The topological polar surface area (TPSA) is 119 Å². The Bertz CT molecular complexity index is 1100. The van der Waals surface area contributed by atoms with Crippen molar-refractivity contribution in [2.24, 2.45) is 0 Å². The number of aromatic hydroxyl groups is 2. The van der Waals surface area contributed by atoms with Crippen molar-refractivity contribution in [1.29, 1.82) is 0 Å². The molecule has 1 aromatic heterocycles. The normalized spacial score (nSPS) is 10.7.